The summed E-state index contributed by atoms with van der Waals surface area (Å²) in [7, 11) is 0. The molecule has 1 heterocycles. The molecule has 1 aromatic heterocycles. The van der Waals surface area contributed by atoms with E-state index in [9.17, 15) is 9.59 Å². The van der Waals surface area contributed by atoms with Gasteiger partial charge in [-0.05, 0) is 63.3 Å². The number of carbonyl (C=O) groups excluding carboxylic acids is 2. The molecule has 3 aromatic rings. The molecule has 8 heteroatoms. The van der Waals surface area contributed by atoms with Crippen molar-refractivity contribution in [2.75, 3.05) is 5.32 Å². The number of ether oxygens (including phenoxy) is 1. The number of anilines is 1. The van der Waals surface area contributed by atoms with Crippen molar-refractivity contribution < 1.29 is 18.7 Å². The number of amides is 1. The fourth-order valence-electron chi connectivity index (χ4n) is 2.56. The molecule has 0 saturated heterocycles. The van der Waals surface area contributed by atoms with Gasteiger partial charge in [-0.2, -0.15) is 0 Å². The highest BCUT2D eigenvalue weighted by molar-refractivity contribution is 7.71. The Bertz CT molecular complexity index is 1080. The SMILES string of the molecule is Cc1ccc(-c2nn(CC(=O)Nc3cccc(C(=O)OC(C)C)c3)c(=S)o2)cc1. The largest absolute Gasteiger partial charge is 0.459 e. The van der Waals surface area contributed by atoms with E-state index in [1.807, 2.05) is 31.2 Å². The summed E-state index contributed by atoms with van der Waals surface area (Å²) in [6.45, 7) is 5.42. The third-order valence-electron chi connectivity index (χ3n) is 3.92. The Balaban J connectivity index is 1.69. The molecular weight excluding hydrogens is 390 g/mol. The van der Waals surface area contributed by atoms with Gasteiger partial charge in [-0.1, -0.05) is 23.8 Å². The smallest absolute Gasteiger partial charge is 0.338 e. The van der Waals surface area contributed by atoms with Crippen molar-refractivity contribution in [2.45, 2.75) is 33.4 Å². The summed E-state index contributed by atoms with van der Waals surface area (Å²) in [6.07, 6.45) is -0.225. The highest BCUT2D eigenvalue weighted by Crippen LogP contribution is 2.18. The quantitative estimate of drug-likeness (QED) is 0.478. The molecule has 0 saturated carbocycles. The molecule has 0 aliphatic heterocycles. The lowest BCUT2D eigenvalue weighted by Crippen LogP contribution is -2.20. The van der Waals surface area contributed by atoms with E-state index in [1.165, 1.54) is 4.68 Å². The van der Waals surface area contributed by atoms with Gasteiger partial charge in [0.25, 0.3) is 4.84 Å². The van der Waals surface area contributed by atoms with Gasteiger partial charge in [-0.25, -0.2) is 9.48 Å². The predicted molar refractivity (Wildman–Crippen MR) is 111 cm³/mol. The first-order valence-corrected chi connectivity index (χ1v) is 9.48. The second-order valence-electron chi connectivity index (χ2n) is 6.78. The number of aromatic nitrogens is 2. The summed E-state index contributed by atoms with van der Waals surface area (Å²) in [5.74, 6) is -0.446. The molecule has 29 heavy (non-hydrogen) atoms. The van der Waals surface area contributed by atoms with Gasteiger partial charge < -0.3 is 14.5 Å². The van der Waals surface area contributed by atoms with Crippen molar-refractivity contribution in [1.29, 1.82) is 0 Å². The van der Waals surface area contributed by atoms with Crippen LogP contribution in [0.15, 0.2) is 52.9 Å². The van der Waals surface area contributed by atoms with Gasteiger partial charge in [-0.3, -0.25) is 4.79 Å². The lowest BCUT2D eigenvalue weighted by atomic mass is 10.1. The van der Waals surface area contributed by atoms with Gasteiger partial charge in [0.15, 0.2) is 0 Å². The van der Waals surface area contributed by atoms with E-state index in [0.717, 1.165) is 11.1 Å². The fourth-order valence-corrected chi connectivity index (χ4v) is 2.75. The Hall–Kier alpha value is -3.26. The Morgan fingerprint density at radius 2 is 1.93 bits per heavy atom. The van der Waals surface area contributed by atoms with E-state index in [2.05, 4.69) is 10.4 Å². The number of rotatable bonds is 6. The summed E-state index contributed by atoms with van der Waals surface area (Å²) < 4.78 is 12.0. The van der Waals surface area contributed by atoms with Crippen LogP contribution in [0.4, 0.5) is 5.69 Å². The summed E-state index contributed by atoms with van der Waals surface area (Å²) >= 11 is 5.17. The van der Waals surface area contributed by atoms with Crippen LogP contribution in [0.3, 0.4) is 0 Å². The monoisotopic (exact) mass is 411 g/mol. The third kappa shape index (κ3) is 5.39. The van der Waals surface area contributed by atoms with Crippen LogP contribution in [0.5, 0.6) is 0 Å². The number of benzene rings is 2. The van der Waals surface area contributed by atoms with Gasteiger partial charge in [-0.15, -0.1) is 5.10 Å². The molecule has 0 aliphatic rings. The first kappa shape index (κ1) is 20.5. The summed E-state index contributed by atoms with van der Waals surface area (Å²) in [4.78, 5) is 24.5. The van der Waals surface area contributed by atoms with Gasteiger partial charge in [0.1, 0.15) is 6.54 Å². The van der Waals surface area contributed by atoms with Gasteiger partial charge >= 0.3 is 5.97 Å². The minimum absolute atomic E-state index is 0.102. The second kappa shape index (κ2) is 8.83. The molecule has 0 spiro atoms. The molecule has 1 N–H and O–H groups in total. The molecule has 0 bridgehead atoms. The molecule has 7 nitrogen and oxygen atoms in total. The van der Waals surface area contributed by atoms with E-state index >= 15 is 0 Å². The molecule has 0 atom stereocenters. The molecule has 0 aliphatic carbocycles. The third-order valence-corrected chi connectivity index (χ3v) is 4.22. The molecule has 0 fully saturated rings. The van der Waals surface area contributed by atoms with Crippen molar-refractivity contribution in [3.63, 3.8) is 0 Å². The molecule has 3 rings (SSSR count). The molecular formula is C21H21N3O4S. The van der Waals surface area contributed by atoms with Crippen LogP contribution in [-0.4, -0.2) is 27.8 Å². The van der Waals surface area contributed by atoms with E-state index in [-0.39, 0.29) is 23.4 Å². The van der Waals surface area contributed by atoms with Gasteiger partial charge in [0.2, 0.25) is 11.8 Å². The average molecular weight is 411 g/mol. The van der Waals surface area contributed by atoms with E-state index in [0.29, 0.717) is 17.1 Å². The van der Waals surface area contributed by atoms with E-state index < -0.39 is 5.97 Å². The first-order valence-electron chi connectivity index (χ1n) is 9.07. The number of carbonyl (C=O) groups is 2. The summed E-state index contributed by atoms with van der Waals surface area (Å²) in [5.41, 5.74) is 2.72. The van der Waals surface area contributed by atoms with Crippen molar-refractivity contribution in [3.05, 3.63) is 64.5 Å². The van der Waals surface area contributed by atoms with Crippen molar-refractivity contribution in [3.8, 4) is 11.5 Å². The zero-order chi connectivity index (χ0) is 21.0. The first-order chi connectivity index (χ1) is 13.8. The van der Waals surface area contributed by atoms with Crippen LogP contribution in [-0.2, 0) is 16.1 Å². The molecule has 2 aromatic carbocycles. The van der Waals surface area contributed by atoms with Crippen LogP contribution in [0, 0.1) is 11.8 Å². The number of nitrogens with one attached hydrogen (secondary N) is 1. The van der Waals surface area contributed by atoms with Crippen LogP contribution in [0.2, 0.25) is 0 Å². The Labute approximate surface area is 173 Å². The van der Waals surface area contributed by atoms with Crippen LogP contribution in [0.1, 0.15) is 29.8 Å². The Kier molecular flexibility index (Phi) is 6.23. The van der Waals surface area contributed by atoms with E-state index in [1.54, 1.807) is 38.1 Å². The van der Waals surface area contributed by atoms with E-state index in [4.69, 9.17) is 21.4 Å². The lowest BCUT2D eigenvalue weighted by Gasteiger charge is -2.09. The zero-order valence-electron chi connectivity index (χ0n) is 16.3. The Morgan fingerprint density at radius 3 is 2.62 bits per heavy atom. The van der Waals surface area contributed by atoms with Crippen LogP contribution in [0.25, 0.3) is 11.5 Å². The van der Waals surface area contributed by atoms with Crippen LogP contribution >= 0.6 is 12.2 Å². The standard InChI is InChI=1S/C21H21N3O4S/c1-13(2)27-20(26)16-5-4-6-17(11-16)22-18(25)12-24-21(29)28-19(23-24)15-9-7-14(3)8-10-15/h4-11,13H,12H2,1-3H3,(H,22,25). The Morgan fingerprint density at radius 1 is 1.21 bits per heavy atom. The number of aryl methyl sites for hydroxylation is 1. The molecule has 0 radical (unpaired) electrons. The molecule has 0 unspecified atom stereocenters. The maximum absolute atomic E-state index is 12.4. The number of esters is 1. The van der Waals surface area contributed by atoms with Crippen molar-refractivity contribution >= 4 is 29.8 Å². The van der Waals surface area contributed by atoms with Crippen molar-refractivity contribution in [2.24, 2.45) is 0 Å². The maximum Gasteiger partial charge on any atom is 0.338 e. The number of nitrogens with zero attached hydrogens (tertiary/aromatic N) is 2. The van der Waals surface area contributed by atoms with Gasteiger partial charge in [0, 0.05) is 11.3 Å². The molecule has 1 amide bonds. The minimum atomic E-state index is -0.447. The van der Waals surface area contributed by atoms with Crippen molar-refractivity contribution in [1.82, 2.24) is 9.78 Å². The fraction of sp³-hybridized carbons (Fsp3) is 0.238. The second-order valence-corrected chi connectivity index (χ2v) is 7.13. The number of hydrogen-bond acceptors (Lipinski definition) is 6. The predicted octanol–water partition coefficient (Wildman–Crippen LogP) is 4.38. The summed E-state index contributed by atoms with van der Waals surface area (Å²) in [6, 6.07) is 14.2. The zero-order valence-corrected chi connectivity index (χ0v) is 17.2. The molecule has 150 valence electrons. The van der Waals surface area contributed by atoms with Crippen LogP contribution < -0.4 is 5.32 Å². The lowest BCUT2D eigenvalue weighted by molar-refractivity contribution is -0.117. The van der Waals surface area contributed by atoms with Gasteiger partial charge in [0.05, 0.1) is 11.7 Å². The topological polar surface area (TPSA) is 86.4 Å². The maximum atomic E-state index is 12.4. The highest BCUT2D eigenvalue weighted by atomic mass is 32.1. The highest BCUT2D eigenvalue weighted by Gasteiger charge is 2.13. The minimum Gasteiger partial charge on any atom is -0.459 e. The average Bonchev–Trinajstić information content (AvgIpc) is 3.02. The number of hydrogen-bond donors (Lipinski definition) is 1. The normalized spacial score (nSPS) is 10.8. The summed E-state index contributed by atoms with van der Waals surface area (Å²) in [5, 5.41) is 7.01.